The van der Waals surface area contributed by atoms with Gasteiger partial charge in [-0.1, -0.05) is 25.4 Å². The van der Waals surface area contributed by atoms with Crippen LogP contribution in [0.15, 0.2) is 23.1 Å². The Labute approximate surface area is 171 Å². The molecule has 0 spiro atoms. The van der Waals surface area contributed by atoms with E-state index >= 15 is 0 Å². The van der Waals surface area contributed by atoms with Gasteiger partial charge in [0.1, 0.15) is 0 Å². The molecule has 1 heterocycles. The van der Waals surface area contributed by atoms with E-state index in [2.05, 4.69) is 5.32 Å². The maximum atomic E-state index is 12.6. The van der Waals surface area contributed by atoms with Crippen LogP contribution in [-0.4, -0.2) is 82.7 Å². The number of rotatable bonds is 8. The fourth-order valence-corrected chi connectivity index (χ4v) is 5.91. The molecule has 11 heteroatoms. The molecular formula is C17H26ClN3O5S2. The van der Waals surface area contributed by atoms with E-state index in [1.807, 2.05) is 4.90 Å². The number of carbonyl (C=O) groups excluding carboxylic acids is 1. The van der Waals surface area contributed by atoms with Crippen LogP contribution in [0.3, 0.4) is 0 Å². The first-order valence-corrected chi connectivity index (χ1v) is 12.8. The van der Waals surface area contributed by atoms with Crippen molar-refractivity contribution >= 4 is 37.4 Å². The molecule has 1 fully saturated rings. The molecule has 28 heavy (non-hydrogen) atoms. The lowest BCUT2D eigenvalue weighted by molar-refractivity contribution is 0.0948. The summed E-state index contributed by atoms with van der Waals surface area (Å²) < 4.78 is 49.5. The topological polar surface area (TPSA) is 104 Å². The monoisotopic (exact) mass is 451 g/mol. The highest BCUT2D eigenvalue weighted by Gasteiger charge is 2.24. The first-order valence-electron chi connectivity index (χ1n) is 9.11. The Morgan fingerprint density at radius 3 is 2.39 bits per heavy atom. The number of amides is 1. The van der Waals surface area contributed by atoms with Crippen molar-refractivity contribution in [2.75, 3.05) is 50.8 Å². The van der Waals surface area contributed by atoms with E-state index in [9.17, 15) is 21.6 Å². The molecule has 1 aromatic rings. The van der Waals surface area contributed by atoms with E-state index in [4.69, 9.17) is 11.6 Å². The number of hydrogen-bond acceptors (Lipinski definition) is 6. The number of benzene rings is 1. The summed E-state index contributed by atoms with van der Waals surface area (Å²) in [7, 11) is -6.64. The minimum absolute atomic E-state index is 0.0204. The van der Waals surface area contributed by atoms with Crippen LogP contribution in [0.25, 0.3) is 0 Å². The first-order chi connectivity index (χ1) is 13.1. The Bertz CT molecular complexity index is 901. The first kappa shape index (κ1) is 23.1. The van der Waals surface area contributed by atoms with Crippen LogP contribution in [0.2, 0.25) is 5.02 Å². The molecule has 0 radical (unpaired) electrons. The molecule has 0 unspecified atom stereocenters. The molecule has 0 atom stereocenters. The van der Waals surface area contributed by atoms with Crippen molar-refractivity contribution in [1.82, 2.24) is 14.5 Å². The van der Waals surface area contributed by atoms with Gasteiger partial charge in [0.25, 0.3) is 5.91 Å². The summed E-state index contributed by atoms with van der Waals surface area (Å²) in [4.78, 5) is 14.5. The maximum Gasteiger partial charge on any atom is 0.252 e. The predicted octanol–water partition coefficient (Wildman–Crippen LogP) is 0.831. The lowest BCUT2D eigenvalue weighted by Crippen LogP contribution is -2.43. The summed E-state index contributed by atoms with van der Waals surface area (Å²) in [5.41, 5.74) is 0.0936. The largest absolute Gasteiger partial charge is 0.351 e. The molecule has 0 saturated carbocycles. The third-order valence-electron chi connectivity index (χ3n) is 4.68. The summed E-state index contributed by atoms with van der Waals surface area (Å²) in [5, 5.41) is 2.89. The zero-order valence-electron chi connectivity index (χ0n) is 16.0. The Morgan fingerprint density at radius 1 is 1.21 bits per heavy atom. The Kier molecular flexibility index (Phi) is 7.86. The van der Waals surface area contributed by atoms with Crippen molar-refractivity contribution in [3.05, 3.63) is 28.8 Å². The fraction of sp³-hybridized carbons (Fsp3) is 0.588. The summed E-state index contributed by atoms with van der Waals surface area (Å²) in [6, 6.07) is 4.09. The van der Waals surface area contributed by atoms with Gasteiger partial charge in [0, 0.05) is 39.3 Å². The zero-order valence-corrected chi connectivity index (χ0v) is 18.4. The lowest BCUT2D eigenvalue weighted by atomic mass is 10.2. The molecule has 8 nitrogen and oxygen atoms in total. The van der Waals surface area contributed by atoms with Crippen molar-refractivity contribution in [2.24, 2.45) is 0 Å². The van der Waals surface area contributed by atoms with E-state index in [0.717, 1.165) is 0 Å². The van der Waals surface area contributed by atoms with Crippen molar-refractivity contribution in [2.45, 2.75) is 18.7 Å². The van der Waals surface area contributed by atoms with Gasteiger partial charge in [-0.05, 0) is 18.2 Å². The second-order valence-electron chi connectivity index (χ2n) is 6.48. The van der Waals surface area contributed by atoms with Gasteiger partial charge in [0.2, 0.25) is 10.0 Å². The van der Waals surface area contributed by atoms with Crippen molar-refractivity contribution < 1.29 is 21.6 Å². The Morgan fingerprint density at radius 2 is 1.82 bits per heavy atom. The molecule has 0 aliphatic carbocycles. The number of sulfone groups is 1. The summed E-state index contributed by atoms with van der Waals surface area (Å²) in [5.74, 6) is -0.220. The van der Waals surface area contributed by atoms with Crippen molar-refractivity contribution in [3.8, 4) is 0 Å². The van der Waals surface area contributed by atoms with Gasteiger partial charge in [-0.3, -0.25) is 9.69 Å². The Hall–Kier alpha value is -1.20. The van der Waals surface area contributed by atoms with Gasteiger partial charge in [0.15, 0.2) is 9.84 Å². The van der Waals surface area contributed by atoms with Crippen LogP contribution < -0.4 is 5.32 Å². The minimum Gasteiger partial charge on any atom is -0.351 e. The SMILES string of the molecule is CCN(CC)S(=O)(=O)c1ccc(Cl)c(C(=O)NCCN2CCS(=O)(=O)CC2)c1. The van der Waals surface area contributed by atoms with Gasteiger partial charge in [-0.15, -0.1) is 0 Å². The van der Waals surface area contributed by atoms with E-state index in [1.54, 1.807) is 13.8 Å². The number of nitrogens with zero attached hydrogens (tertiary/aromatic N) is 2. The standard InChI is InChI=1S/C17H26ClN3O5S2/c1-3-21(4-2)28(25,26)14-5-6-16(18)15(13-14)17(22)19-7-8-20-9-11-27(23,24)12-10-20/h5-6,13H,3-4,7-12H2,1-2H3,(H,19,22). The lowest BCUT2D eigenvalue weighted by Gasteiger charge is -2.26. The minimum atomic E-state index is -3.69. The van der Waals surface area contributed by atoms with Crippen LogP contribution in [0.4, 0.5) is 0 Å². The second-order valence-corrected chi connectivity index (χ2v) is 11.1. The number of hydrogen-bond donors (Lipinski definition) is 1. The fourth-order valence-electron chi connectivity index (χ4n) is 2.95. The Balaban J connectivity index is 2.03. The maximum absolute atomic E-state index is 12.6. The summed E-state index contributed by atoms with van der Waals surface area (Å²) in [6.45, 7) is 5.85. The quantitative estimate of drug-likeness (QED) is 0.627. The zero-order chi connectivity index (χ0) is 20.9. The van der Waals surface area contributed by atoms with Crippen molar-refractivity contribution in [1.29, 1.82) is 0 Å². The molecule has 1 aromatic carbocycles. The number of halogens is 1. The molecule has 1 aliphatic heterocycles. The molecule has 2 rings (SSSR count). The normalized spacial score (nSPS) is 17.6. The molecule has 0 bridgehead atoms. The number of nitrogens with one attached hydrogen (secondary N) is 1. The third-order valence-corrected chi connectivity index (χ3v) is 8.66. The van der Waals surface area contributed by atoms with Crippen molar-refractivity contribution in [3.63, 3.8) is 0 Å². The molecule has 1 aliphatic rings. The highest BCUT2D eigenvalue weighted by Crippen LogP contribution is 2.23. The van der Waals surface area contributed by atoms with Crippen LogP contribution in [0.5, 0.6) is 0 Å². The van der Waals surface area contributed by atoms with Gasteiger partial charge in [-0.2, -0.15) is 4.31 Å². The van der Waals surface area contributed by atoms with Crippen LogP contribution in [-0.2, 0) is 19.9 Å². The van der Waals surface area contributed by atoms with E-state index in [1.165, 1.54) is 22.5 Å². The molecule has 1 saturated heterocycles. The average Bonchev–Trinajstić information content (AvgIpc) is 2.64. The smallest absolute Gasteiger partial charge is 0.252 e. The average molecular weight is 452 g/mol. The van der Waals surface area contributed by atoms with Crippen LogP contribution in [0, 0.1) is 0 Å². The van der Waals surface area contributed by atoms with Crippen LogP contribution in [0.1, 0.15) is 24.2 Å². The molecule has 158 valence electrons. The van der Waals surface area contributed by atoms with Crippen LogP contribution >= 0.6 is 11.6 Å². The van der Waals surface area contributed by atoms with E-state index in [0.29, 0.717) is 39.3 Å². The molecular weight excluding hydrogens is 426 g/mol. The second kappa shape index (κ2) is 9.53. The summed E-state index contributed by atoms with van der Waals surface area (Å²) >= 11 is 6.10. The molecule has 0 aromatic heterocycles. The molecule has 1 amide bonds. The predicted molar refractivity (Wildman–Crippen MR) is 109 cm³/mol. The van der Waals surface area contributed by atoms with E-state index < -0.39 is 25.8 Å². The molecule has 1 N–H and O–H groups in total. The third kappa shape index (κ3) is 5.66. The van der Waals surface area contributed by atoms with Gasteiger partial charge in [0.05, 0.1) is 27.0 Å². The number of carbonyl (C=O) groups is 1. The van der Waals surface area contributed by atoms with E-state index in [-0.39, 0.29) is 27.0 Å². The summed E-state index contributed by atoms with van der Waals surface area (Å²) in [6.07, 6.45) is 0. The highest BCUT2D eigenvalue weighted by molar-refractivity contribution is 7.91. The van der Waals surface area contributed by atoms with Gasteiger partial charge >= 0.3 is 0 Å². The van der Waals surface area contributed by atoms with Gasteiger partial charge in [-0.25, -0.2) is 16.8 Å². The number of sulfonamides is 1. The highest BCUT2D eigenvalue weighted by atomic mass is 35.5. The van der Waals surface area contributed by atoms with Gasteiger partial charge < -0.3 is 5.32 Å².